The Morgan fingerprint density at radius 3 is 2.60 bits per heavy atom. The number of aryl methyl sites for hydroxylation is 1. The van der Waals surface area contributed by atoms with Gasteiger partial charge in [-0.15, -0.1) is 0 Å². The number of nitrogens with one attached hydrogen (secondary N) is 1. The van der Waals surface area contributed by atoms with Gasteiger partial charge in [-0.3, -0.25) is 9.78 Å². The number of fused-ring (bicyclic) bond motifs is 1. The molecule has 1 fully saturated rings. The average Bonchev–Trinajstić information content (AvgIpc) is 3.52. The zero-order valence-electron chi connectivity index (χ0n) is 22.3. The molecule has 0 unspecified atom stereocenters. The number of carbonyl (C=O) groups is 1. The fourth-order valence-corrected chi connectivity index (χ4v) is 5.34. The number of hydrogen-bond acceptors (Lipinski definition) is 8. The number of amides is 1. The first kappa shape index (κ1) is 27.3. The fourth-order valence-electron chi connectivity index (χ4n) is 5.34. The highest BCUT2D eigenvalue weighted by Crippen LogP contribution is 2.40. The van der Waals surface area contributed by atoms with Crippen molar-refractivity contribution in [2.24, 2.45) is 12.8 Å². The second-order valence-corrected chi connectivity index (χ2v) is 9.98. The average molecular weight is 575 g/mol. The first-order chi connectivity index (χ1) is 20.3. The van der Waals surface area contributed by atoms with Crippen LogP contribution < -0.4 is 16.0 Å². The predicted molar refractivity (Wildman–Crippen MR) is 150 cm³/mol. The van der Waals surface area contributed by atoms with Crippen molar-refractivity contribution in [3.63, 3.8) is 0 Å². The van der Waals surface area contributed by atoms with Crippen LogP contribution in [-0.4, -0.2) is 60.8 Å². The Hall–Kier alpha value is -4.88. The van der Waals surface area contributed by atoms with Gasteiger partial charge in [0.1, 0.15) is 28.7 Å². The Morgan fingerprint density at radius 2 is 1.86 bits per heavy atom. The lowest BCUT2D eigenvalue weighted by Gasteiger charge is -2.28. The number of nitrogens with two attached hydrogens (primary N) is 1. The highest BCUT2D eigenvalue weighted by atomic mass is 19.1. The first-order valence-corrected chi connectivity index (χ1v) is 13.1. The van der Waals surface area contributed by atoms with E-state index in [1.807, 2.05) is 4.90 Å². The molecule has 4 N–H and O–H groups in total. The van der Waals surface area contributed by atoms with Crippen LogP contribution in [0.2, 0.25) is 0 Å². The summed E-state index contributed by atoms with van der Waals surface area (Å²) in [6, 6.07) is 9.00. The lowest BCUT2D eigenvalue weighted by atomic mass is 10.1. The van der Waals surface area contributed by atoms with Crippen molar-refractivity contribution in [3.8, 4) is 22.8 Å². The number of carbonyl (C=O) groups excluding carboxylic acids is 1. The van der Waals surface area contributed by atoms with Crippen molar-refractivity contribution in [2.75, 3.05) is 23.4 Å². The summed E-state index contributed by atoms with van der Waals surface area (Å²) in [5.41, 5.74) is 7.83. The molecule has 0 aliphatic carbocycles. The fraction of sp³-hybridized carbons (Fsp3) is 0.207. The summed E-state index contributed by atoms with van der Waals surface area (Å²) in [6.45, 7) is 0.173. The number of nitrogens with zero attached hydrogens (tertiary/aromatic N) is 6. The number of aliphatic hydroxyl groups excluding tert-OH is 1. The number of anilines is 2. The lowest BCUT2D eigenvalue weighted by molar-refractivity contribution is 0.102. The van der Waals surface area contributed by atoms with Crippen molar-refractivity contribution < 1.29 is 23.1 Å². The van der Waals surface area contributed by atoms with Crippen molar-refractivity contribution in [1.82, 2.24) is 24.5 Å². The van der Waals surface area contributed by atoms with E-state index in [2.05, 4.69) is 20.3 Å². The van der Waals surface area contributed by atoms with Crippen molar-refractivity contribution in [2.45, 2.75) is 18.5 Å². The summed E-state index contributed by atoms with van der Waals surface area (Å²) in [5.74, 6) is -2.89. The summed E-state index contributed by atoms with van der Waals surface area (Å²) in [4.78, 5) is 32.0. The van der Waals surface area contributed by atoms with E-state index in [1.54, 1.807) is 23.7 Å². The second-order valence-electron chi connectivity index (χ2n) is 9.98. The van der Waals surface area contributed by atoms with Crippen LogP contribution in [0.4, 0.5) is 24.5 Å². The van der Waals surface area contributed by atoms with Gasteiger partial charge in [-0.05, 0) is 42.8 Å². The van der Waals surface area contributed by atoms with Gasteiger partial charge in [0.25, 0.3) is 5.91 Å². The third-order valence-corrected chi connectivity index (χ3v) is 7.31. The van der Waals surface area contributed by atoms with Crippen LogP contribution in [0, 0.1) is 17.5 Å². The largest absolute Gasteiger partial charge is 0.394 e. The number of pyridine rings is 1. The van der Waals surface area contributed by atoms with Crippen LogP contribution in [0.15, 0.2) is 61.1 Å². The number of halogens is 3. The van der Waals surface area contributed by atoms with Crippen LogP contribution in [-0.2, 0) is 7.05 Å². The molecule has 0 saturated carbocycles. The lowest BCUT2D eigenvalue weighted by Crippen LogP contribution is -2.34. The van der Waals surface area contributed by atoms with Crippen molar-refractivity contribution in [3.05, 3.63) is 84.2 Å². The molecule has 1 saturated heterocycles. The van der Waals surface area contributed by atoms with Gasteiger partial charge in [0, 0.05) is 32.0 Å². The Labute approximate surface area is 237 Å². The van der Waals surface area contributed by atoms with Crippen LogP contribution in [0.1, 0.15) is 16.9 Å². The third kappa shape index (κ3) is 4.72. The van der Waals surface area contributed by atoms with E-state index in [-0.39, 0.29) is 35.8 Å². The third-order valence-electron chi connectivity index (χ3n) is 7.31. The van der Waals surface area contributed by atoms with Gasteiger partial charge in [0.05, 0.1) is 46.9 Å². The molecule has 6 rings (SSSR count). The molecule has 0 spiro atoms. The topological polar surface area (TPSA) is 135 Å². The number of aromatic nitrogens is 5. The van der Waals surface area contributed by atoms with E-state index in [9.17, 15) is 23.1 Å². The van der Waals surface area contributed by atoms with Crippen LogP contribution in [0.25, 0.3) is 33.8 Å². The van der Waals surface area contributed by atoms with Crippen LogP contribution in [0.5, 0.6) is 0 Å². The smallest absolute Gasteiger partial charge is 0.274 e. The number of benzene rings is 2. The molecule has 5 aromatic rings. The van der Waals surface area contributed by atoms with E-state index in [1.165, 1.54) is 30.6 Å². The summed E-state index contributed by atoms with van der Waals surface area (Å²) < 4.78 is 45.2. The van der Waals surface area contributed by atoms with Crippen molar-refractivity contribution in [1.29, 1.82) is 0 Å². The monoisotopic (exact) mass is 574 g/mol. The standard InChI is InChI=1S/C29H25F3N8O2/c1-39-23-6-5-21(37-29(42)22-8-10-35-27(36-22)24-18(30)3-2-4-19(24)31)26(40-13-15(33)11-16(40)14-41)25(23)38-28(39)17-7-9-34-12-20(17)32/h2-10,12,15-16,41H,11,13-14,33H2,1H3,(H,37,42)/t15-,16+/m1/s1. The maximum Gasteiger partial charge on any atom is 0.274 e. The van der Waals surface area contributed by atoms with Gasteiger partial charge >= 0.3 is 0 Å². The molecule has 0 radical (unpaired) electrons. The normalized spacial score (nSPS) is 16.8. The number of aliphatic hydroxyl groups is 1. The summed E-state index contributed by atoms with van der Waals surface area (Å²) in [7, 11) is 1.75. The van der Waals surface area contributed by atoms with E-state index in [0.717, 1.165) is 18.3 Å². The first-order valence-electron chi connectivity index (χ1n) is 13.1. The highest BCUT2D eigenvalue weighted by Gasteiger charge is 2.34. The zero-order chi connectivity index (χ0) is 29.5. The molecule has 4 heterocycles. The Kier molecular flexibility index (Phi) is 7.04. The molecule has 42 heavy (non-hydrogen) atoms. The molecule has 1 aliphatic rings. The van der Waals surface area contributed by atoms with Gasteiger partial charge in [0.15, 0.2) is 11.6 Å². The molecule has 1 amide bonds. The minimum absolute atomic E-state index is 0.133. The molecular weight excluding hydrogens is 549 g/mol. The predicted octanol–water partition coefficient (Wildman–Crippen LogP) is 3.66. The zero-order valence-corrected chi connectivity index (χ0v) is 22.3. The number of hydrogen-bond donors (Lipinski definition) is 3. The molecular formula is C29H25F3N8O2. The minimum atomic E-state index is -0.864. The molecule has 2 aromatic carbocycles. The second kappa shape index (κ2) is 10.8. The Balaban J connectivity index is 1.46. The molecule has 1 aliphatic heterocycles. The van der Waals surface area contributed by atoms with Crippen molar-refractivity contribution >= 4 is 28.3 Å². The Morgan fingerprint density at radius 1 is 1.07 bits per heavy atom. The number of imidazole rings is 1. The summed E-state index contributed by atoms with van der Waals surface area (Å²) >= 11 is 0. The van der Waals surface area contributed by atoms with E-state index in [0.29, 0.717) is 41.2 Å². The maximum atomic E-state index is 14.7. The van der Waals surface area contributed by atoms with E-state index < -0.39 is 28.9 Å². The van der Waals surface area contributed by atoms with Gasteiger partial charge in [-0.2, -0.15) is 0 Å². The minimum Gasteiger partial charge on any atom is -0.394 e. The molecule has 0 bridgehead atoms. The van der Waals surface area contributed by atoms with Gasteiger partial charge < -0.3 is 25.6 Å². The molecule has 214 valence electrons. The van der Waals surface area contributed by atoms with Crippen LogP contribution in [0.3, 0.4) is 0 Å². The molecule has 3 aromatic heterocycles. The van der Waals surface area contributed by atoms with E-state index >= 15 is 0 Å². The molecule has 10 nitrogen and oxygen atoms in total. The molecule has 2 atom stereocenters. The molecule has 13 heteroatoms. The SMILES string of the molecule is Cn1c(-c2ccncc2F)nc2c(N3C[C@H](N)C[C@H]3CO)c(NC(=O)c3ccnc(-c4c(F)cccc4F)n3)ccc21. The van der Waals surface area contributed by atoms with Gasteiger partial charge in [0.2, 0.25) is 0 Å². The quantitative estimate of drug-likeness (QED) is 0.280. The summed E-state index contributed by atoms with van der Waals surface area (Å²) in [5, 5.41) is 13.0. The van der Waals surface area contributed by atoms with E-state index in [4.69, 9.17) is 10.7 Å². The van der Waals surface area contributed by atoms with Gasteiger partial charge in [-0.25, -0.2) is 28.1 Å². The Bertz CT molecular complexity index is 1810. The number of rotatable bonds is 6. The highest BCUT2D eigenvalue weighted by molar-refractivity contribution is 6.08. The summed E-state index contributed by atoms with van der Waals surface area (Å²) in [6.07, 6.45) is 4.31. The maximum absolute atomic E-state index is 14.7. The van der Waals surface area contributed by atoms with Crippen LogP contribution >= 0.6 is 0 Å². The van der Waals surface area contributed by atoms with Gasteiger partial charge in [-0.1, -0.05) is 6.07 Å².